The zero-order chi connectivity index (χ0) is 16.4. The van der Waals surface area contributed by atoms with Gasteiger partial charge in [-0.25, -0.2) is 8.78 Å². The molecule has 0 aliphatic heterocycles. The first-order valence-electron chi connectivity index (χ1n) is 6.73. The van der Waals surface area contributed by atoms with Crippen LogP contribution in [0.2, 0.25) is 0 Å². The number of hydrogen-bond donors (Lipinski definition) is 1. The number of hydrogen-bond acceptors (Lipinski definition) is 3. The molecule has 0 bridgehead atoms. The Labute approximate surface area is 129 Å². The molecular formula is C16H11F2N4O+. The third-order valence-electron chi connectivity index (χ3n) is 3.46. The van der Waals surface area contributed by atoms with Crippen molar-refractivity contribution >= 4 is 10.9 Å². The maximum Gasteiger partial charge on any atom is 0.214 e. The fraction of sp³-hybridized carbons (Fsp3) is 0.0625. The van der Waals surface area contributed by atoms with Gasteiger partial charge in [-0.05, 0) is 30.3 Å². The largest absolute Gasteiger partial charge is 0.313 e. The number of aromatic nitrogens is 1. The van der Waals surface area contributed by atoms with E-state index in [9.17, 15) is 13.6 Å². The van der Waals surface area contributed by atoms with Crippen LogP contribution >= 0.6 is 0 Å². The number of halogens is 2. The van der Waals surface area contributed by atoms with E-state index in [-0.39, 0.29) is 34.1 Å². The zero-order valence-corrected chi connectivity index (χ0v) is 11.8. The molecule has 0 atom stereocenters. The van der Waals surface area contributed by atoms with Gasteiger partial charge in [0.1, 0.15) is 22.3 Å². The van der Waals surface area contributed by atoms with Crippen molar-refractivity contribution in [1.29, 1.82) is 5.53 Å². The highest BCUT2D eigenvalue weighted by atomic mass is 19.1. The molecular weight excluding hydrogens is 302 g/mol. The first kappa shape index (κ1) is 14.7. The first-order chi connectivity index (χ1) is 11.1. The van der Waals surface area contributed by atoms with Gasteiger partial charge in [0.15, 0.2) is 12.0 Å². The monoisotopic (exact) mass is 313 g/mol. The van der Waals surface area contributed by atoms with Crippen LogP contribution in [0.25, 0.3) is 16.6 Å². The van der Waals surface area contributed by atoms with Crippen LogP contribution in [-0.4, -0.2) is 4.57 Å². The molecule has 0 aliphatic rings. The van der Waals surface area contributed by atoms with Gasteiger partial charge in [-0.1, -0.05) is 12.1 Å². The van der Waals surface area contributed by atoms with E-state index < -0.39 is 11.6 Å². The van der Waals surface area contributed by atoms with Crippen LogP contribution in [0.4, 0.5) is 8.78 Å². The highest BCUT2D eigenvalue weighted by molar-refractivity contribution is 5.81. The number of pyridine rings is 1. The molecule has 1 aromatic heterocycles. The summed E-state index contributed by atoms with van der Waals surface area (Å²) in [7, 11) is 0. The fourth-order valence-corrected chi connectivity index (χ4v) is 2.42. The molecule has 0 saturated heterocycles. The predicted octanol–water partition coefficient (Wildman–Crippen LogP) is 3.32. The van der Waals surface area contributed by atoms with E-state index in [0.717, 1.165) is 0 Å². The number of fused-ring (bicyclic) bond motifs is 1. The Balaban J connectivity index is 2.41. The van der Waals surface area contributed by atoms with Gasteiger partial charge in [-0.3, -0.25) is 4.79 Å². The van der Waals surface area contributed by atoms with E-state index in [2.05, 4.69) is 10.0 Å². The summed E-state index contributed by atoms with van der Waals surface area (Å²) in [6, 6.07) is 9.70. The number of rotatable bonds is 3. The van der Waals surface area contributed by atoms with Crippen LogP contribution in [0.5, 0.6) is 0 Å². The van der Waals surface area contributed by atoms with E-state index in [4.69, 9.17) is 5.53 Å². The molecule has 0 fully saturated rings. The fourth-order valence-electron chi connectivity index (χ4n) is 2.42. The summed E-state index contributed by atoms with van der Waals surface area (Å²) in [6.45, 7) is -0.107. The second-order valence-electron chi connectivity index (χ2n) is 4.87. The molecule has 0 saturated carbocycles. The van der Waals surface area contributed by atoms with Crippen molar-refractivity contribution < 1.29 is 8.78 Å². The molecule has 1 heterocycles. The van der Waals surface area contributed by atoms with Crippen molar-refractivity contribution in [3.05, 3.63) is 76.1 Å². The van der Waals surface area contributed by atoms with E-state index >= 15 is 0 Å². The number of para-hydroxylation sites is 1. The van der Waals surface area contributed by atoms with Gasteiger partial charge in [-0.2, -0.15) is 0 Å². The Hall–Kier alpha value is -3.18. The van der Waals surface area contributed by atoms with E-state index in [1.54, 1.807) is 12.1 Å². The van der Waals surface area contributed by atoms with Crippen LogP contribution in [0.15, 0.2) is 58.6 Å². The maximum absolute atomic E-state index is 14.1. The van der Waals surface area contributed by atoms with Crippen LogP contribution in [0.3, 0.4) is 0 Å². The lowest BCUT2D eigenvalue weighted by atomic mass is 10.1. The Morgan fingerprint density at radius 1 is 1.17 bits per heavy atom. The van der Waals surface area contributed by atoms with Crippen molar-refractivity contribution in [2.45, 2.75) is 6.54 Å². The van der Waals surface area contributed by atoms with Gasteiger partial charge >= 0.3 is 0 Å². The minimum Gasteiger partial charge on any atom is -0.313 e. The highest BCUT2D eigenvalue weighted by Crippen LogP contribution is 2.21. The lowest BCUT2D eigenvalue weighted by molar-refractivity contribution is 0.617. The van der Waals surface area contributed by atoms with E-state index in [0.29, 0.717) is 0 Å². The SMILES string of the molecule is N=[N+]=NCc1cn(-c2ccccc2F)c2cc(F)ccc2c1=O. The molecule has 2 aromatic carbocycles. The molecule has 23 heavy (non-hydrogen) atoms. The quantitative estimate of drug-likeness (QED) is 0.584. The minimum atomic E-state index is -0.527. The Morgan fingerprint density at radius 3 is 2.70 bits per heavy atom. The normalized spacial score (nSPS) is 10.5. The predicted molar refractivity (Wildman–Crippen MR) is 80.4 cm³/mol. The highest BCUT2D eigenvalue weighted by Gasteiger charge is 2.14. The number of benzene rings is 2. The van der Waals surface area contributed by atoms with Gasteiger partial charge in [0.05, 0.1) is 11.2 Å². The molecule has 1 N–H and O–H groups in total. The Kier molecular flexibility index (Phi) is 3.78. The molecule has 3 aromatic rings. The average Bonchev–Trinajstić information content (AvgIpc) is 2.55. The standard InChI is InChI=1S/C16H11F2N4O/c17-11-5-6-12-15(7-11)22(14-4-2-1-3-13(14)18)9-10(16(12)23)8-20-21-19/h1-7,9,19H,8H2/q+1. The average molecular weight is 313 g/mol. The Bertz CT molecular complexity index is 1010. The summed E-state index contributed by atoms with van der Waals surface area (Å²) in [4.78, 5) is 15.3. The molecule has 0 aliphatic carbocycles. The van der Waals surface area contributed by atoms with Crippen LogP contribution in [-0.2, 0) is 6.54 Å². The van der Waals surface area contributed by atoms with Crippen LogP contribution < -0.4 is 10.3 Å². The number of nitrogens with zero attached hydrogens (tertiary/aromatic N) is 3. The van der Waals surface area contributed by atoms with Crippen molar-refractivity contribution in [2.75, 3.05) is 0 Å². The topological polar surface area (TPSA) is 72.3 Å². The first-order valence-corrected chi connectivity index (χ1v) is 6.73. The summed E-state index contributed by atoms with van der Waals surface area (Å²) in [5, 5.41) is 3.74. The summed E-state index contributed by atoms with van der Waals surface area (Å²) in [5.41, 5.74) is 7.04. The van der Waals surface area contributed by atoms with Gasteiger partial charge in [0.25, 0.3) is 0 Å². The molecule has 0 radical (unpaired) electrons. The second kappa shape index (κ2) is 5.90. The third-order valence-corrected chi connectivity index (χ3v) is 3.46. The molecule has 7 heteroatoms. The molecule has 3 rings (SSSR count). The lowest BCUT2D eigenvalue weighted by Crippen LogP contribution is -2.14. The smallest absolute Gasteiger partial charge is 0.214 e. The van der Waals surface area contributed by atoms with Crippen molar-refractivity contribution in [3.63, 3.8) is 0 Å². The van der Waals surface area contributed by atoms with Crippen molar-refractivity contribution in [1.82, 2.24) is 9.48 Å². The van der Waals surface area contributed by atoms with Crippen LogP contribution in [0.1, 0.15) is 5.56 Å². The van der Waals surface area contributed by atoms with Gasteiger partial charge < -0.3 is 4.57 Å². The van der Waals surface area contributed by atoms with Gasteiger partial charge in [0.2, 0.25) is 4.91 Å². The summed E-state index contributed by atoms with van der Waals surface area (Å²) >= 11 is 0. The zero-order valence-electron chi connectivity index (χ0n) is 11.8. The van der Waals surface area contributed by atoms with Crippen LogP contribution in [0, 0.1) is 17.2 Å². The third kappa shape index (κ3) is 2.65. The molecule has 0 unspecified atom stereocenters. The molecule has 0 spiro atoms. The van der Waals surface area contributed by atoms with Gasteiger partial charge in [-0.15, -0.1) is 0 Å². The molecule has 0 amide bonds. The second-order valence-corrected chi connectivity index (χ2v) is 4.87. The Morgan fingerprint density at radius 2 is 1.96 bits per heavy atom. The van der Waals surface area contributed by atoms with E-state index in [1.165, 1.54) is 41.1 Å². The maximum atomic E-state index is 14.1. The summed E-state index contributed by atoms with van der Waals surface area (Å²) in [5.74, 6) is -1.03. The lowest BCUT2D eigenvalue weighted by Gasteiger charge is -2.13. The van der Waals surface area contributed by atoms with Crippen molar-refractivity contribution in [2.24, 2.45) is 5.11 Å². The minimum absolute atomic E-state index is 0.107. The molecule has 5 nitrogen and oxygen atoms in total. The molecule has 114 valence electrons. The summed E-state index contributed by atoms with van der Waals surface area (Å²) in [6.07, 6.45) is 1.40. The van der Waals surface area contributed by atoms with E-state index in [1.807, 2.05) is 0 Å². The summed E-state index contributed by atoms with van der Waals surface area (Å²) < 4.78 is 29.1. The number of nitrogens with one attached hydrogen (secondary N) is 1. The van der Waals surface area contributed by atoms with Crippen molar-refractivity contribution in [3.8, 4) is 5.69 Å². The van der Waals surface area contributed by atoms with Gasteiger partial charge in [0, 0.05) is 17.1 Å².